The second-order valence-corrected chi connectivity index (χ2v) is 5.88. The Hall–Kier alpha value is -2.44. The fraction of sp³-hybridized carbons (Fsp3) is 0.467. The molecule has 22 heavy (non-hydrogen) atoms. The number of hydrogen-bond donors (Lipinski definition) is 1. The maximum absolute atomic E-state index is 12.4. The van der Waals surface area contributed by atoms with Crippen molar-refractivity contribution in [3.05, 3.63) is 18.2 Å². The van der Waals surface area contributed by atoms with E-state index in [2.05, 4.69) is 0 Å². The molecule has 120 valence electrons. The van der Waals surface area contributed by atoms with Gasteiger partial charge in [0.25, 0.3) is 0 Å². The average Bonchev–Trinajstić information content (AvgIpc) is 2.85. The van der Waals surface area contributed by atoms with Gasteiger partial charge >= 0.3 is 12.1 Å². The van der Waals surface area contributed by atoms with Gasteiger partial charge in [-0.25, -0.2) is 9.59 Å². The summed E-state index contributed by atoms with van der Waals surface area (Å²) >= 11 is 0. The van der Waals surface area contributed by atoms with E-state index < -0.39 is 23.7 Å². The number of fused-ring (bicyclic) bond motifs is 1. The fourth-order valence-corrected chi connectivity index (χ4v) is 1.99. The maximum Gasteiger partial charge on any atom is 0.415 e. The van der Waals surface area contributed by atoms with Crippen molar-refractivity contribution in [2.45, 2.75) is 39.3 Å². The van der Waals surface area contributed by atoms with Crippen LogP contribution in [0.1, 0.15) is 27.7 Å². The summed E-state index contributed by atoms with van der Waals surface area (Å²) in [5.41, 5.74) is -0.442. The first kappa shape index (κ1) is 15.9. The molecule has 1 aliphatic rings. The third-order valence-electron chi connectivity index (χ3n) is 2.97. The molecule has 0 bridgehead atoms. The van der Waals surface area contributed by atoms with Crippen LogP contribution in [0.3, 0.4) is 0 Å². The Labute approximate surface area is 128 Å². The summed E-state index contributed by atoms with van der Waals surface area (Å²) in [5, 5.41) is 9.29. The number of rotatable bonds is 3. The zero-order valence-corrected chi connectivity index (χ0v) is 13.0. The van der Waals surface area contributed by atoms with Crippen LogP contribution in [0.5, 0.6) is 11.5 Å². The minimum absolute atomic E-state index is 0.0238. The van der Waals surface area contributed by atoms with E-state index >= 15 is 0 Å². The third kappa shape index (κ3) is 3.24. The highest BCUT2D eigenvalue weighted by Crippen LogP contribution is 2.42. The lowest BCUT2D eigenvalue weighted by Gasteiger charge is -2.30. The lowest BCUT2D eigenvalue weighted by molar-refractivity contribution is -0.138. The zero-order valence-electron chi connectivity index (χ0n) is 13.0. The largest absolute Gasteiger partial charge is 0.480 e. The van der Waals surface area contributed by atoms with E-state index in [1.807, 2.05) is 0 Å². The van der Waals surface area contributed by atoms with Gasteiger partial charge in [-0.3, -0.25) is 4.90 Å². The minimum Gasteiger partial charge on any atom is -0.480 e. The summed E-state index contributed by atoms with van der Waals surface area (Å²) in [7, 11) is 0. The fourth-order valence-electron chi connectivity index (χ4n) is 1.99. The molecule has 1 aromatic carbocycles. The monoisotopic (exact) mass is 309 g/mol. The number of carboxylic acids is 1. The van der Waals surface area contributed by atoms with Crippen LogP contribution in [0.15, 0.2) is 18.2 Å². The second kappa shape index (κ2) is 5.75. The smallest absolute Gasteiger partial charge is 0.415 e. The molecule has 0 spiro atoms. The van der Waals surface area contributed by atoms with Gasteiger partial charge in [0.05, 0.1) is 5.69 Å². The highest BCUT2D eigenvalue weighted by Gasteiger charge is 2.34. The van der Waals surface area contributed by atoms with Crippen molar-refractivity contribution >= 4 is 17.7 Å². The number of aliphatic carboxylic acids is 1. The first-order chi connectivity index (χ1) is 10.2. The van der Waals surface area contributed by atoms with Gasteiger partial charge in [0.2, 0.25) is 6.79 Å². The molecule has 0 radical (unpaired) electrons. The van der Waals surface area contributed by atoms with Crippen LogP contribution in [0.4, 0.5) is 10.5 Å². The van der Waals surface area contributed by atoms with Gasteiger partial charge in [0.1, 0.15) is 11.6 Å². The molecule has 0 unspecified atom stereocenters. The molecule has 1 N–H and O–H groups in total. The quantitative estimate of drug-likeness (QED) is 0.924. The van der Waals surface area contributed by atoms with Gasteiger partial charge in [-0.05, 0) is 39.8 Å². The number of benzene rings is 1. The Morgan fingerprint density at radius 1 is 1.32 bits per heavy atom. The number of anilines is 1. The highest BCUT2D eigenvalue weighted by molar-refractivity contribution is 5.97. The van der Waals surface area contributed by atoms with Gasteiger partial charge in [-0.15, -0.1) is 0 Å². The van der Waals surface area contributed by atoms with Crippen LogP contribution >= 0.6 is 0 Å². The van der Waals surface area contributed by atoms with Crippen LogP contribution in [-0.2, 0) is 9.53 Å². The predicted octanol–water partition coefficient (Wildman–Crippen LogP) is 2.63. The Morgan fingerprint density at radius 2 is 2.00 bits per heavy atom. The van der Waals surface area contributed by atoms with Gasteiger partial charge < -0.3 is 19.3 Å². The predicted molar refractivity (Wildman–Crippen MR) is 78.4 cm³/mol. The molecular formula is C15H19NO6. The standard InChI is InChI=1S/C15H19NO6/c1-9(13(17)18)16(14(19)22-15(2,3)4)10-6-5-7-11-12(10)21-8-20-11/h5-7,9H,8H2,1-4H3,(H,17,18)/t9-/m0/s1. The molecule has 1 aromatic rings. The second-order valence-electron chi connectivity index (χ2n) is 5.88. The van der Waals surface area contributed by atoms with Gasteiger partial charge in [-0.2, -0.15) is 0 Å². The molecule has 1 heterocycles. The normalized spacial score (nSPS) is 14.4. The Morgan fingerprint density at radius 3 is 2.59 bits per heavy atom. The number of nitrogens with zero attached hydrogens (tertiary/aromatic N) is 1. The highest BCUT2D eigenvalue weighted by atomic mass is 16.7. The van der Waals surface area contributed by atoms with Crippen molar-refractivity contribution in [1.29, 1.82) is 0 Å². The van der Waals surface area contributed by atoms with E-state index in [0.717, 1.165) is 4.90 Å². The number of ether oxygens (including phenoxy) is 3. The topological polar surface area (TPSA) is 85.3 Å². The number of carboxylic acid groups (broad SMARTS) is 1. The number of carbonyl (C=O) groups excluding carboxylic acids is 1. The summed E-state index contributed by atoms with van der Waals surface area (Å²) in [4.78, 5) is 24.9. The Kier molecular flexibility index (Phi) is 4.16. The molecule has 7 nitrogen and oxygen atoms in total. The van der Waals surface area contributed by atoms with E-state index in [4.69, 9.17) is 14.2 Å². The molecule has 0 fully saturated rings. The molecule has 1 aliphatic heterocycles. The van der Waals surface area contributed by atoms with Crippen molar-refractivity contribution in [1.82, 2.24) is 0 Å². The average molecular weight is 309 g/mol. The number of para-hydroxylation sites is 1. The lowest BCUT2D eigenvalue weighted by atomic mass is 10.2. The van der Waals surface area contributed by atoms with Gasteiger partial charge in [-0.1, -0.05) is 6.07 Å². The summed E-state index contributed by atoms with van der Waals surface area (Å²) in [5.74, 6) is -0.354. The van der Waals surface area contributed by atoms with E-state index in [9.17, 15) is 14.7 Å². The molecule has 1 amide bonds. The molecular weight excluding hydrogens is 290 g/mol. The first-order valence-electron chi connectivity index (χ1n) is 6.84. The molecule has 0 aromatic heterocycles. The van der Waals surface area contributed by atoms with E-state index in [1.165, 1.54) is 6.92 Å². The van der Waals surface area contributed by atoms with Crippen LogP contribution in [-0.4, -0.2) is 35.6 Å². The van der Waals surface area contributed by atoms with Crippen molar-refractivity contribution in [3.8, 4) is 11.5 Å². The molecule has 0 saturated carbocycles. The van der Waals surface area contributed by atoms with E-state index in [-0.39, 0.29) is 6.79 Å². The summed E-state index contributed by atoms with van der Waals surface area (Å²) < 4.78 is 15.9. The number of hydrogen-bond acceptors (Lipinski definition) is 5. The SMILES string of the molecule is C[C@@H](C(=O)O)N(C(=O)OC(C)(C)C)c1cccc2c1OCO2. The Bertz CT molecular complexity index is 592. The summed E-state index contributed by atoms with van der Waals surface area (Å²) in [6.07, 6.45) is -0.758. The van der Waals surface area contributed by atoms with Gasteiger partial charge in [0, 0.05) is 0 Å². The molecule has 0 saturated heterocycles. The van der Waals surface area contributed by atoms with Crippen molar-refractivity contribution in [2.24, 2.45) is 0 Å². The number of amides is 1. The van der Waals surface area contributed by atoms with Crippen LogP contribution in [0, 0.1) is 0 Å². The maximum atomic E-state index is 12.4. The Balaban J connectivity index is 2.44. The molecule has 7 heteroatoms. The number of carbonyl (C=O) groups is 2. The molecule has 2 rings (SSSR count). The van der Waals surface area contributed by atoms with E-state index in [1.54, 1.807) is 39.0 Å². The van der Waals surface area contributed by atoms with Crippen molar-refractivity contribution in [3.63, 3.8) is 0 Å². The summed E-state index contributed by atoms with van der Waals surface area (Å²) in [6.45, 7) is 6.56. The lowest BCUT2D eigenvalue weighted by Crippen LogP contribution is -2.46. The van der Waals surface area contributed by atoms with Gasteiger partial charge in [0.15, 0.2) is 11.5 Å². The minimum atomic E-state index is -1.15. The molecule has 1 atom stereocenters. The first-order valence-corrected chi connectivity index (χ1v) is 6.84. The zero-order chi connectivity index (χ0) is 16.5. The van der Waals surface area contributed by atoms with E-state index in [0.29, 0.717) is 17.2 Å². The third-order valence-corrected chi connectivity index (χ3v) is 2.97. The summed E-state index contributed by atoms with van der Waals surface area (Å²) in [6, 6.07) is 3.82. The van der Waals surface area contributed by atoms with Crippen LogP contribution < -0.4 is 14.4 Å². The van der Waals surface area contributed by atoms with Crippen molar-refractivity contribution < 1.29 is 28.9 Å². The van der Waals surface area contributed by atoms with Crippen LogP contribution in [0.2, 0.25) is 0 Å². The molecule has 0 aliphatic carbocycles. The van der Waals surface area contributed by atoms with Crippen molar-refractivity contribution in [2.75, 3.05) is 11.7 Å². The van der Waals surface area contributed by atoms with Crippen LogP contribution in [0.25, 0.3) is 0 Å².